The van der Waals surface area contributed by atoms with Crippen molar-refractivity contribution in [3.63, 3.8) is 0 Å². The lowest BCUT2D eigenvalue weighted by Gasteiger charge is -2.25. The van der Waals surface area contributed by atoms with E-state index >= 15 is 0 Å². The number of benzene rings is 1. The first-order chi connectivity index (χ1) is 18.4. The molecule has 4 rings (SSSR count). The average molecular weight is 514 g/mol. The smallest absolute Gasteiger partial charge is 0.241 e. The highest BCUT2D eigenvalue weighted by Gasteiger charge is 2.28. The molecule has 1 aromatic carbocycles. The Bertz CT molecular complexity index is 1370. The minimum absolute atomic E-state index is 0.0253. The quantitative estimate of drug-likeness (QED) is 0.223. The molecule has 0 radical (unpaired) electrons. The maximum atomic E-state index is 13.3. The minimum Gasteiger partial charge on any atom is -0.461 e. The van der Waals surface area contributed by atoms with Crippen LogP contribution in [0.3, 0.4) is 0 Å². The molecule has 10 nitrogen and oxygen atoms in total. The van der Waals surface area contributed by atoms with Crippen LogP contribution in [0, 0.1) is 24.3 Å². The number of likely N-dealkylation sites (tertiary alicyclic amines) is 1. The summed E-state index contributed by atoms with van der Waals surface area (Å²) >= 11 is 0. The summed E-state index contributed by atoms with van der Waals surface area (Å²) in [5.41, 5.74) is 2.45. The van der Waals surface area contributed by atoms with Gasteiger partial charge in [-0.1, -0.05) is 6.42 Å². The number of nitriles is 1. The van der Waals surface area contributed by atoms with Gasteiger partial charge >= 0.3 is 0 Å². The Kier molecular flexibility index (Phi) is 8.82. The van der Waals surface area contributed by atoms with Gasteiger partial charge in [0.25, 0.3) is 0 Å². The van der Waals surface area contributed by atoms with Crippen molar-refractivity contribution in [3.05, 3.63) is 60.1 Å². The number of pyridine rings is 1. The zero-order valence-electron chi connectivity index (χ0n) is 21.6. The number of furan rings is 1. The fourth-order valence-electron chi connectivity index (χ4n) is 4.34. The second kappa shape index (κ2) is 12.6. The highest BCUT2D eigenvalue weighted by molar-refractivity contribution is 6.00. The van der Waals surface area contributed by atoms with E-state index in [4.69, 9.17) is 4.42 Å². The predicted octanol–water partition coefficient (Wildman–Crippen LogP) is 3.60. The number of hydrogen-bond donors (Lipinski definition) is 1. The Morgan fingerprint density at radius 1 is 1.29 bits per heavy atom. The van der Waals surface area contributed by atoms with Crippen LogP contribution >= 0.6 is 0 Å². The van der Waals surface area contributed by atoms with Crippen molar-refractivity contribution in [1.29, 1.82) is 5.26 Å². The van der Waals surface area contributed by atoms with E-state index in [1.54, 1.807) is 35.3 Å². The molecule has 38 heavy (non-hydrogen) atoms. The molecule has 2 aromatic heterocycles. The van der Waals surface area contributed by atoms with Crippen LogP contribution in [0.15, 0.2) is 63.2 Å². The summed E-state index contributed by atoms with van der Waals surface area (Å²) in [5.74, 6) is 0.126. The summed E-state index contributed by atoms with van der Waals surface area (Å²) in [6.45, 7) is 2.98. The number of likely N-dealkylation sites (N-methyl/N-ethyl adjacent to an activating group) is 1. The molecule has 2 amide bonds. The number of amides is 2. The van der Waals surface area contributed by atoms with Crippen LogP contribution in [0.25, 0.3) is 11.0 Å². The molecule has 196 valence electrons. The zero-order valence-corrected chi connectivity index (χ0v) is 21.6. The van der Waals surface area contributed by atoms with E-state index in [-0.39, 0.29) is 24.3 Å². The Morgan fingerprint density at radius 3 is 2.89 bits per heavy atom. The molecule has 1 aliphatic rings. The number of nitrogens with one attached hydrogen (secondary N) is 1. The first kappa shape index (κ1) is 26.5. The fraction of sp³-hybridized carbons (Fsp3) is 0.357. The standard InChI is InChI=1S/C28H31N7O3/c1-20-15-23-16-24(6-7-25(23)38-20)33-28(32-19-29)31-17-22-5-3-4-13-35(27(22)37)18-26(36)34(2)14-10-21-8-11-30-12-9-21/h6-9,11-12,15-17,22H,3-5,10,13-14,18H2,1-2H3,(H,32,33)/b31-17-. The van der Waals surface area contributed by atoms with Crippen LogP contribution in [0.4, 0.5) is 5.69 Å². The van der Waals surface area contributed by atoms with Crippen molar-refractivity contribution in [2.75, 3.05) is 26.7 Å². The number of hydrogen-bond acceptors (Lipinski definition) is 6. The monoisotopic (exact) mass is 513 g/mol. The first-order valence-corrected chi connectivity index (χ1v) is 12.6. The van der Waals surface area contributed by atoms with E-state index in [2.05, 4.69) is 20.3 Å². The molecule has 0 saturated carbocycles. The number of carbonyl (C=O) groups is 2. The summed E-state index contributed by atoms with van der Waals surface area (Å²) in [5, 5.41) is 12.6. The topological polar surface area (TPSA) is 127 Å². The third-order valence-electron chi connectivity index (χ3n) is 6.46. The van der Waals surface area contributed by atoms with Gasteiger partial charge < -0.3 is 14.2 Å². The van der Waals surface area contributed by atoms with Gasteiger partial charge in [0.1, 0.15) is 11.3 Å². The molecule has 3 heterocycles. The van der Waals surface area contributed by atoms with E-state index in [0.29, 0.717) is 25.2 Å². The van der Waals surface area contributed by atoms with Crippen molar-refractivity contribution < 1.29 is 14.0 Å². The Labute approximate surface area is 221 Å². The van der Waals surface area contributed by atoms with Gasteiger partial charge in [0.15, 0.2) is 6.19 Å². The molecule has 3 aromatic rings. The molecule has 1 fully saturated rings. The largest absolute Gasteiger partial charge is 0.461 e. The molecule has 1 unspecified atom stereocenters. The van der Waals surface area contributed by atoms with Crippen LogP contribution < -0.4 is 5.32 Å². The second-order valence-corrected chi connectivity index (χ2v) is 9.31. The van der Waals surface area contributed by atoms with Crippen LogP contribution in [-0.4, -0.2) is 65.5 Å². The Balaban J connectivity index is 1.41. The molecule has 1 N–H and O–H groups in total. The van der Waals surface area contributed by atoms with E-state index < -0.39 is 5.92 Å². The number of fused-ring (bicyclic) bond motifs is 1. The number of aliphatic imine (C=N–C) groups is 2. The van der Waals surface area contributed by atoms with E-state index in [0.717, 1.165) is 41.6 Å². The maximum Gasteiger partial charge on any atom is 0.241 e. The van der Waals surface area contributed by atoms with Gasteiger partial charge in [-0.05, 0) is 68.1 Å². The minimum atomic E-state index is -0.503. The fourth-order valence-corrected chi connectivity index (χ4v) is 4.34. The molecule has 0 bridgehead atoms. The van der Waals surface area contributed by atoms with Crippen LogP contribution in [0.1, 0.15) is 30.6 Å². The van der Waals surface area contributed by atoms with Crippen molar-refractivity contribution >= 4 is 40.6 Å². The van der Waals surface area contributed by atoms with Crippen molar-refractivity contribution in [2.45, 2.75) is 32.6 Å². The number of aryl methyl sites for hydroxylation is 1. The maximum absolute atomic E-state index is 13.3. The number of carbonyl (C=O) groups excluding carboxylic acids is 2. The van der Waals surface area contributed by atoms with Crippen LogP contribution in [0.5, 0.6) is 0 Å². The molecule has 1 aliphatic heterocycles. The normalized spacial score (nSPS) is 16.4. The predicted molar refractivity (Wildman–Crippen MR) is 145 cm³/mol. The lowest BCUT2D eigenvalue weighted by Crippen LogP contribution is -2.44. The van der Waals surface area contributed by atoms with Crippen LogP contribution in [-0.2, 0) is 16.0 Å². The molecule has 1 saturated heterocycles. The van der Waals surface area contributed by atoms with Crippen molar-refractivity contribution in [3.8, 4) is 6.19 Å². The summed E-state index contributed by atoms with van der Waals surface area (Å²) < 4.78 is 5.59. The second-order valence-electron chi connectivity index (χ2n) is 9.31. The number of aromatic nitrogens is 1. The van der Waals surface area contributed by atoms with Gasteiger partial charge in [-0.15, -0.1) is 0 Å². The third kappa shape index (κ3) is 7.03. The zero-order chi connectivity index (χ0) is 26.9. The first-order valence-electron chi connectivity index (χ1n) is 12.6. The van der Waals surface area contributed by atoms with Gasteiger partial charge in [-0.3, -0.25) is 19.9 Å². The average Bonchev–Trinajstić information content (AvgIpc) is 3.20. The Hall–Kier alpha value is -4.52. The summed E-state index contributed by atoms with van der Waals surface area (Å²) in [4.78, 5) is 42.2. The van der Waals surface area contributed by atoms with Crippen molar-refractivity contribution in [1.82, 2.24) is 20.1 Å². The number of nitrogens with zero attached hydrogens (tertiary/aromatic N) is 6. The molecular formula is C28H31N7O3. The number of guanidine groups is 1. The van der Waals surface area contributed by atoms with E-state index in [1.165, 1.54) is 6.21 Å². The van der Waals surface area contributed by atoms with Crippen molar-refractivity contribution in [2.24, 2.45) is 15.9 Å². The molecule has 10 heteroatoms. The van der Waals surface area contributed by atoms with Gasteiger partial charge in [0, 0.05) is 44.1 Å². The molecular weight excluding hydrogens is 482 g/mol. The van der Waals surface area contributed by atoms with Crippen LogP contribution in [0.2, 0.25) is 0 Å². The summed E-state index contributed by atoms with van der Waals surface area (Å²) in [6, 6.07) is 11.2. The SMILES string of the molecule is Cc1cc2cc(N=C(/N=C\C3CCCCN(CC(=O)N(C)CCc4ccncc4)C3=O)NC#N)ccc2o1. The third-order valence-corrected chi connectivity index (χ3v) is 6.46. The van der Waals surface area contributed by atoms with Gasteiger partial charge in [0.2, 0.25) is 17.8 Å². The van der Waals surface area contributed by atoms with E-state index in [1.807, 2.05) is 43.4 Å². The van der Waals surface area contributed by atoms with Gasteiger partial charge in [-0.2, -0.15) is 5.26 Å². The molecule has 1 atom stereocenters. The lowest BCUT2D eigenvalue weighted by atomic mass is 10.0. The van der Waals surface area contributed by atoms with Gasteiger partial charge in [-0.25, -0.2) is 9.98 Å². The van der Waals surface area contributed by atoms with Gasteiger partial charge in [0.05, 0.1) is 18.2 Å². The molecule has 0 spiro atoms. The summed E-state index contributed by atoms with van der Waals surface area (Å²) in [6.07, 6.45) is 9.82. The lowest BCUT2D eigenvalue weighted by molar-refractivity contribution is -0.140. The Morgan fingerprint density at radius 2 is 2.11 bits per heavy atom. The highest BCUT2D eigenvalue weighted by atomic mass is 16.3. The number of rotatable bonds is 7. The highest BCUT2D eigenvalue weighted by Crippen LogP contribution is 2.24. The molecule has 0 aliphatic carbocycles. The summed E-state index contributed by atoms with van der Waals surface area (Å²) in [7, 11) is 1.75. The van der Waals surface area contributed by atoms with E-state index in [9.17, 15) is 14.9 Å².